The average Bonchev–Trinajstić information content (AvgIpc) is 3.39. The first kappa shape index (κ1) is 34.1. The third-order valence-electron chi connectivity index (χ3n) is 7.75. The molecule has 0 aliphatic carbocycles. The van der Waals surface area contributed by atoms with Gasteiger partial charge in [-0.2, -0.15) is 0 Å². The highest BCUT2D eigenvalue weighted by molar-refractivity contribution is 7.09. The molecule has 2 N–H and O–H groups in total. The fraction of sp³-hybridized carbons (Fsp3) is 0.486. The van der Waals surface area contributed by atoms with E-state index in [4.69, 9.17) is 0 Å². The Morgan fingerprint density at radius 2 is 1.67 bits per heavy atom. The number of rotatable bonds is 16. The van der Waals surface area contributed by atoms with Gasteiger partial charge in [0.2, 0.25) is 5.91 Å². The topological polar surface area (TPSA) is 99.6 Å². The van der Waals surface area contributed by atoms with E-state index in [1.807, 2.05) is 56.5 Å². The predicted molar refractivity (Wildman–Crippen MR) is 173 cm³/mol. The maximum Gasteiger partial charge on any atom is 0.253 e. The highest BCUT2D eigenvalue weighted by Crippen LogP contribution is 2.26. The number of hydrogen-bond donors (Lipinski definition) is 2. The maximum absolute atomic E-state index is 13.6. The molecule has 0 fully saturated rings. The molecule has 1 unspecified atom stereocenters. The summed E-state index contributed by atoms with van der Waals surface area (Å²) in [6.45, 7) is 11.1. The Kier molecular flexibility index (Phi) is 13.1. The van der Waals surface area contributed by atoms with Crippen LogP contribution >= 0.6 is 11.3 Å². The molecule has 7 nitrogen and oxygen atoms in total. The second-order valence-electron chi connectivity index (χ2n) is 12.3. The molecule has 2 amide bonds. The minimum atomic E-state index is -0.763. The normalized spacial score (nSPS) is 13.5. The average molecular weight is 606 g/mol. The molecule has 3 atom stereocenters. The number of ketones is 1. The van der Waals surface area contributed by atoms with Gasteiger partial charge in [0.25, 0.3) is 5.91 Å². The second-order valence-corrected chi connectivity index (χ2v) is 13.3. The summed E-state index contributed by atoms with van der Waals surface area (Å²) < 4.78 is 0. The number of carbonyl (C=O) groups is 3. The van der Waals surface area contributed by atoms with E-state index in [-0.39, 0.29) is 41.8 Å². The van der Waals surface area contributed by atoms with Crippen molar-refractivity contribution in [1.82, 2.24) is 15.2 Å². The fourth-order valence-corrected chi connectivity index (χ4v) is 6.03. The summed E-state index contributed by atoms with van der Waals surface area (Å²) in [5.41, 5.74) is 2.85. The van der Waals surface area contributed by atoms with Gasteiger partial charge >= 0.3 is 0 Å². The van der Waals surface area contributed by atoms with Crippen molar-refractivity contribution in [3.63, 3.8) is 0 Å². The van der Waals surface area contributed by atoms with Gasteiger partial charge in [0, 0.05) is 48.1 Å². The van der Waals surface area contributed by atoms with Crippen molar-refractivity contribution >= 4 is 28.9 Å². The highest BCUT2D eigenvalue weighted by atomic mass is 32.1. The molecule has 0 bridgehead atoms. The minimum absolute atomic E-state index is 0.0167. The molecule has 3 aromatic rings. The molecule has 0 saturated carbocycles. The largest absolute Gasteiger partial charge is 0.393 e. The van der Waals surface area contributed by atoms with Crippen molar-refractivity contribution in [3.05, 3.63) is 87.4 Å². The third kappa shape index (κ3) is 10.7. The van der Waals surface area contributed by atoms with Crippen molar-refractivity contribution < 1.29 is 19.5 Å². The van der Waals surface area contributed by atoms with E-state index < -0.39 is 6.10 Å². The predicted octanol–water partition coefficient (Wildman–Crippen LogP) is 6.34. The summed E-state index contributed by atoms with van der Waals surface area (Å²) >= 11 is 1.52. The van der Waals surface area contributed by atoms with E-state index in [1.165, 1.54) is 11.3 Å². The highest BCUT2D eigenvalue weighted by Gasteiger charge is 2.28. The van der Waals surface area contributed by atoms with Gasteiger partial charge in [0.05, 0.1) is 12.6 Å². The van der Waals surface area contributed by atoms with E-state index in [2.05, 4.69) is 24.1 Å². The van der Waals surface area contributed by atoms with Crippen LogP contribution in [0.5, 0.6) is 0 Å². The van der Waals surface area contributed by atoms with Crippen LogP contribution in [0.3, 0.4) is 0 Å². The van der Waals surface area contributed by atoms with Crippen LogP contribution in [0.15, 0.2) is 60.0 Å². The van der Waals surface area contributed by atoms with Crippen molar-refractivity contribution in [2.45, 2.75) is 73.0 Å². The number of amides is 2. The van der Waals surface area contributed by atoms with Crippen molar-refractivity contribution in [3.8, 4) is 0 Å². The van der Waals surface area contributed by atoms with Gasteiger partial charge in [-0.15, -0.1) is 11.3 Å². The molecule has 2 aromatic carbocycles. The maximum atomic E-state index is 13.6. The van der Waals surface area contributed by atoms with Crippen molar-refractivity contribution in [1.29, 1.82) is 0 Å². The molecule has 232 valence electrons. The van der Waals surface area contributed by atoms with E-state index in [1.54, 1.807) is 36.2 Å². The number of nitrogens with zero attached hydrogens (tertiary/aromatic N) is 2. The summed E-state index contributed by atoms with van der Waals surface area (Å²) in [7, 11) is 1.73. The Balaban J connectivity index is 1.72. The number of carbonyl (C=O) groups excluding carboxylic acids is 3. The molecule has 0 aliphatic heterocycles. The standard InChI is InChI=1S/C35H47N3O4S/c1-23(2)20-36-34(41)30(24(3)4)15-16-31(39)29(17-26-11-8-7-9-12-26)19-32(40)27-13-10-14-28(18-27)35(42)38(6)21-33-37-25(5)22-43-33/h7-14,18,22-24,29-31,39H,15-17,19-21H2,1-6H3,(H,36,41)/t29-,30?,31-/m1/s1. The van der Waals surface area contributed by atoms with Gasteiger partial charge < -0.3 is 15.3 Å². The Hall–Kier alpha value is -3.36. The molecule has 0 aliphatic rings. The lowest BCUT2D eigenvalue weighted by molar-refractivity contribution is -0.127. The first-order valence-corrected chi connectivity index (χ1v) is 16.1. The molecular weight excluding hydrogens is 558 g/mol. The van der Waals surface area contributed by atoms with E-state index in [0.29, 0.717) is 49.4 Å². The molecule has 0 radical (unpaired) electrons. The van der Waals surface area contributed by atoms with Gasteiger partial charge in [0.15, 0.2) is 5.78 Å². The number of hydrogen-bond acceptors (Lipinski definition) is 6. The zero-order valence-corrected chi connectivity index (χ0v) is 27.2. The Labute approximate surface area is 260 Å². The van der Waals surface area contributed by atoms with Crippen LogP contribution < -0.4 is 5.32 Å². The van der Waals surface area contributed by atoms with Crippen LogP contribution in [0.1, 0.15) is 83.9 Å². The first-order chi connectivity index (χ1) is 20.4. The Morgan fingerprint density at radius 1 is 0.977 bits per heavy atom. The number of nitrogens with one attached hydrogen (secondary N) is 1. The number of aryl methyl sites for hydroxylation is 1. The van der Waals surface area contributed by atoms with Crippen LogP contribution in [0.25, 0.3) is 0 Å². The molecule has 1 heterocycles. The van der Waals surface area contributed by atoms with Crippen molar-refractivity contribution in [2.24, 2.45) is 23.7 Å². The zero-order valence-electron chi connectivity index (χ0n) is 26.4. The van der Waals surface area contributed by atoms with Crippen LogP contribution in [0.4, 0.5) is 0 Å². The summed E-state index contributed by atoms with van der Waals surface area (Å²) in [6, 6.07) is 16.7. The summed E-state index contributed by atoms with van der Waals surface area (Å²) in [5.74, 6) is -0.345. The van der Waals surface area contributed by atoms with Gasteiger partial charge in [-0.1, -0.05) is 70.2 Å². The molecule has 1 aromatic heterocycles. The summed E-state index contributed by atoms with van der Waals surface area (Å²) in [6.07, 6.45) is 0.864. The molecule has 3 rings (SSSR count). The number of benzene rings is 2. The summed E-state index contributed by atoms with van der Waals surface area (Å²) in [4.78, 5) is 45.7. The first-order valence-electron chi connectivity index (χ1n) is 15.2. The second kappa shape index (κ2) is 16.5. The van der Waals surface area contributed by atoms with E-state index in [9.17, 15) is 19.5 Å². The Bertz CT molecular complexity index is 1340. The SMILES string of the molecule is Cc1csc(CN(C)C(=O)c2cccc(C(=O)C[C@@H](Cc3ccccc3)[C@H](O)CCC(C(=O)NCC(C)C)C(C)C)c2)n1. The molecule has 0 spiro atoms. The molecule has 0 saturated heterocycles. The molecular formula is C35H47N3O4S. The van der Waals surface area contributed by atoms with Crippen LogP contribution in [-0.4, -0.2) is 52.3 Å². The number of Topliss-reactive ketones (excluding diaryl/α,β-unsaturated/α-hetero) is 1. The lowest BCUT2D eigenvalue weighted by atomic mass is 9.82. The fourth-order valence-electron chi connectivity index (χ4n) is 5.20. The monoisotopic (exact) mass is 605 g/mol. The molecule has 8 heteroatoms. The van der Waals surface area contributed by atoms with Gasteiger partial charge in [-0.25, -0.2) is 4.98 Å². The van der Waals surface area contributed by atoms with Crippen LogP contribution in [0, 0.1) is 30.6 Å². The van der Waals surface area contributed by atoms with Crippen LogP contribution in [-0.2, 0) is 17.8 Å². The lowest BCUT2D eigenvalue weighted by Gasteiger charge is -2.26. The number of aliphatic hydroxyl groups is 1. The zero-order chi connectivity index (χ0) is 31.5. The van der Waals surface area contributed by atoms with Gasteiger partial charge in [-0.05, 0) is 61.6 Å². The summed E-state index contributed by atoms with van der Waals surface area (Å²) in [5, 5.41) is 17.3. The lowest BCUT2D eigenvalue weighted by Crippen LogP contribution is -2.36. The van der Waals surface area contributed by atoms with E-state index in [0.717, 1.165) is 16.3 Å². The van der Waals surface area contributed by atoms with Gasteiger partial charge in [0.1, 0.15) is 5.01 Å². The van der Waals surface area contributed by atoms with Crippen molar-refractivity contribution in [2.75, 3.05) is 13.6 Å². The smallest absolute Gasteiger partial charge is 0.253 e. The minimum Gasteiger partial charge on any atom is -0.393 e. The Morgan fingerprint density at radius 3 is 2.30 bits per heavy atom. The van der Waals surface area contributed by atoms with E-state index >= 15 is 0 Å². The quantitative estimate of drug-likeness (QED) is 0.186. The number of thiazole rings is 1. The number of aliphatic hydroxyl groups excluding tert-OH is 1. The number of aromatic nitrogens is 1. The van der Waals surface area contributed by atoms with Crippen LogP contribution in [0.2, 0.25) is 0 Å². The molecule has 43 heavy (non-hydrogen) atoms. The van der Waals surface area contributed by atoms with Gasteiger partial charge in [-0.3, -0.25) is 14.4 Å². The third-order valence-corrected chi connectivity index (χ3v) is 8.70.